The van der Waals surface area contributed by atoms with Gasteiger partial charge in [0.05, 0.1) is 0 Å². The van der Waals surface area contributed by atoms with E-state index >= 15 is 0 Å². The molecule has 2 rings (SSSR count). The van der Waals surface area contributed by atoms with Crippen LogP contribution in [0.1, 0.15) is 84.1 Å². The molecule has 0 radical (unpaired) electrons. The summed E-state index contributed by atoms with van der Waals surface area (Å²) in [6, 6.07) is 10.1. The fourth-order valence-corrected chi connectivity index (χ4v) is 21.2. The maximum absolute atomic E-state index is 2.66. The van der Waals surface area contributed by atoms with Crippen molar-refractivity contribution in [2.75, 3.05) is 39.8 Å². The van der Waals surface area contributed by atoms with Crippen LogP contribution in [0.25, 0.3) is 0 Å². The van der Waals surface area contributed by atoms with Gasteiger partial charge in [-0.3, -0.25) is 0 Å². The van der Waals surface area contributed by atoms with Crippen LogP contribution in [0, 0.1) is 0 Å². The fourth-order valence-electron chi connectivity index (χ4n) is 5.31. The van der Waals surface area contributed by atoms with E-state index in [0.717, 1.165) is 0 Å². The summed E-state index contributed by atoms with van der Waals surface area (Å²) in [5.74, 6) is 0. The molecule has 0 saturated carbocycles. The molecule has 1 aromatic carbocycles. The third-order valence-electron chi connectivity index (χ3n) is 7.62. The van der Waals surface area contributed by atoms with Gasteiger partial charge in [0.1, 0.15) is 0 Å². The van der Waals surface area contributed by atoms with E-state index in [1.807, 2.05) is 3.58 Å². The molecule has 1 saturated heterocycles. The van der Waals surface area contributed by atoms with Crippen LogP contribution in [-0.2, 0) is 6.42 Å². The standard InChI is InChI=1S/C16H25N2.3C4H9.Sn/c1-17(13-10-16-8-4-2-5-9-16)14-15-18-11-6-3-7-12-18;3*1-3-4-2;/h4-5,8-9H,3,6-7,10-15H2,1H3;3*1,3-4H2,2H3;. The van der Waals surface area contributed by atoms with E-state index in [-0.39, 0.29) is 0 Å². The van der Waals surface area contributed by atoms with Crippen molar-refractivity contribution in [1.29, 1.82) is 0 Å². The van der Waals surface area contributed by atoms with Crippen molar-refractivity contribution in [3.63, 3.8) is 0 Å². The van der Waals surface area contributed by atoms with E-state index < -0.39 is 18.4 Å². The van der Waals surface area contributed by atoms with Crippen molar-refractivity contribution in [2.24, 2.45) is 0 Å². The second kappa shape index (κ2) is 15.7. The minimum absolute atomic E-state index is 1.18. The molecular weight excluding hydrogens is 483 g/mol. The van der Waals surface area contributed by atoms with Crippen LogP contribution in [0.5, 0.6) is 0 Å². The second-order valence-electron chi connectivity index (χ2n) is 10.2. The SMILES string of the molecule is CCC[CH2][Sn]([CH2]CCC)([CH2]CCC)[c]1ccc(CCN(C)CCN2CCCCC2)cc1. The van der Waals surface area contributed by atoms with E-state index in [9.17, 15) is 0 Å². The number of nitrogens with zero attached hydrogens (tertiary/aromatic N) is 2. The van der Waals surface area contributed by atoms with Gasteiger partial charge in [0, 0.05) is 0 Å². The quantitative estimate of drug-likeness (QED) is 0.217. The van der Waals surface area contributed by atoms with Gasteiger partial charge in [0.2, 0.25) is 0 Å². The van der Waals surface area contributed by atoms with Gasteiger partial charge in [-0.1, -0.05) is 6.42 Å². The molecular formula is C28H52N2Sn. The van der Waals surface area contributed by atoms with E-state index in [4.69, 9.17) is 0 Å². The van der Waals surface area contributed by atoms with Gasteiger partial charge < -0.3 is 0 Å². The molecule has 0 spiro atoms. The molecule has 1 aromatic rings. The van der Waals surface area contributed by atoms with Crippen LogP contribution < -0.4 is 3.58 Å². The Labute approximate surface area is 199 Å². The first-order valence-corrected chi connectivity index (χ1v) is 21.1. The first-order chi connectivity index (χ1) is 15.1. The number of hydrogen-bond donors (Lipinski definition) is 0. The first kappa shape index (κ1) is 27.2. The summed E-state index contributed by atoms with van der Waals surface area (Å²) in [6.45, 7) is 13.4. The summed E-state index contributed by atoms with van der Waals surface area (Å²) in [6.07, 6.45) is 13.9. The Kier molecular flexibility index (Phi) is 13.8. The van der Waals surface area contributed by atoms with Gasteiger partial charge >= 0.3 is 193 Å². The average Bonchev–Trinajstić information content (AvgIpc) is 2.82. The monoisotopic (exact) mass is 536 g/mol. The van der Waals surface area contributed by atoms with Crippen molar-refractivity contribution in [1.82, 2.24) is 9.80 Å². The Morgan fingerprint density at radius 1 is 0.774 bits per heavy atom. The van der Waals surface area contributed by atoms with Crippen LogP contribution in [0.4, 0.5) is 0 Å². The number of rotatable bonds is 16. The minimum atomic E-state index is -2.25. The molecule has 0 amide bonds. The fraction of sp³-hybridized carbons (Fsp3) is 0.786. The van der Waals surface area contributed by atoms with Gasteiger partial charge in [-0.15, -0.1) is 0 Å². The van der Waals surface area contributed by atoms with Crippen LogP contribution in [0.15, 0.2) is 24.3 Å². The zero-order valence-corrected chi connectivity index (χ0v) is 24.3. The molecule has 2 nitrogen and oxygen atoms in total. The molecule has 1 heterocycles. The van der Waals surface area contributed by atoms with Crippen LogP contribution in [0.3, 0.4) is 0 Å². The van der Waals surface area contributed by atoms with E-state index in [2.05, 4.69) is 61.9 Å². The third kappa shape index (κ3) is 9.76. The number of benzene rings is 1. The topological polar surface area (TPSA) is 6.48 Å². The summed E-state index contributed by atoms with van der Waals surface area (Å²) in [7, 11) is 2.31. The summed E-state index contributed by atoms with van der Waals surface area (Å²) in [5, 5.41) is 0. The van der Waals surface area contributed by atoms with Gasteiger partial charge in [0.25, 0.3) is 0 Å². The Morgan fingerprint density at radius 2 is 1.32 bits per heavy atom. The molecule has 0 N–H and O–H groups in total. The Bertz CT molecular complexity index is 543. The summed E-state index contributed by atoms with van der Waals surface area (Å²) < 4.78 is 6.55. The molecule has 1 aliphatic heterocycles. The molecule has 1 aliphatic rings. The molecule has 178 valence electrons. The molecule has 0 aromatic heterocycles. The zero-order chi connectivity index (χ0) is 22.4. The van der Waals surface area contributed by atoms with Gasteiger partial charge in [0.15, 0.2) is 0 Å². The van der Waals surface area contributed by atoms with E-state index in [0.29, 0.717) is 0 Å². The predicted molar refractivity (Wildman–Crippen MR) is 142 cm³/mol. The van der Waals surface area contributed by atoms with Crippen molar-refractivity contribution < 1.29 is 0 Å². The number of likely N-dealkylation sites (N-methyl/N-ethyl adjacent to an activating group) is 1. The summed E-state index contributed by atoms with van der Waals surface area (Å²) >= 11 is -2.25. The summed E-state index contributed by atoms with van der Waals surface area (Å²) in [5.41, 5.74) is 1.54. The Hall–Kier alpha value is -0.0613. The number of unbranched alkanes of at least 4 members (excludes halogenated alkanes) is 3. The molecule has 0 aliphatic carbocycles. The Morgan fingerprint density at radius 3 is 1.84 bits per heavy atom. The first-order valence-electron chi connectivity index (χ1n) is 13.6. The molecule has 0 bridgehead atoms. The van der Waals surface area contributed by atoms with Crippen molar-refractivity contribution in [3.8, 4) is 0 Å². The molecule has 0 atom stereocenters. The van der Waals surface area contributed by atoms with Gasteiger partial charge in [-0.25, -0.2) is 0 Å². The van der Waals surface area contributed by atoms with Crippen molar-refractivity contribution >= 4 is 22.0 Å². The zero-order valence-electron chi connectivity index (χ0n) is 21.4. The number of hydrogen-bond acceptors (Lipinski definition) is 2. The number of piperidine rings is 1. The van der Waals surface area contributed by atoms with Crippen LogP contribution in [0.2, 0.25) is 13.3 Å². The molecule has 31 heavy (non-hydrogen) atoms. The van der Waals surface area contributed by atoms with Crippen molar-refractivity contribution in [3.05, 3.63) is 29.8 Å². The molecule has 3 heteroatoms. The van der Waals surface area contributed by atoms with Crippen molar-refractivity contribution in [2.45, 2.75) is 98.3 Å². The van der Waals surface area contributed by atoms with E-state index in [1.54, 1.807) is 13.3 Å². The van der Waals surface area contributed by atoms with Gasteiger partial charge in [-0.05, 0) is 0 Å². The average molecular weight is 535 g/mol. The number of likely N-dealkylation sites (tertiary alicyclic amines) is 1. The maximum atomic E-state index is 2.66. The Balaban J connectivity index is 1.92. The molecule has 0 unspecified atom stereocenters. The normalized spacial score (nSPS) is 15.6. The van der Waals surface area contributed by atoms with Gasteiger partial charge in [-0.2, -0.15) is 0 Å². The summed E-state index contributed by atoms with van der Waals surface area (Å²) in [4.78, 5) is 5.19. The molecule has 1 fully saturated rings. The third-order valence-corrected chi connectivity index (χ3v) is 23.3. The van der Waals surface area contributed by atoms with Crippen LogP contribution in [-0.4, -0.2) is 67.9 Å². The predicted octanol–water partition coefficient (Wildman–Crippen LogP) is 6.70. The van der Waals surface area contributed by atoms with Crippen LogP contribution >= 0.6 is 0 Å². The second-order valence-corrected chi connectivity index (χ2v) is 23.5. The van der Waals surface area contributed by atoms with E-state index in [1.165, 1.54) is 102 Å².